The van der Waals surface area contributed by atoms with Crippen LogP contribution in [0.1, 0.15) is 86.0 Å². The minimum Gasteiger partial charge on any atom is -0.321 e. The van der Waals surface area contributed by atoms with Crippen LogP contribution in [-0.2, 0) is 22.1 Å². The molecule has 0 saturated heterocycles. The number of aryl methyl sites for hydroxylation is 1. The van der Waals surface area contributed by atoms with E-state index in [1.165, 1.54) is 35.1 Å². The molecule has 2 aliphatic rings. The zero-order chi connectivity index (χ0) is 20.6. The Kier molecular flexibility index (Phi) is 4.97. The van der Waals surface area contributed by atoms with Gasteiger partial charge in [-0.1, -0.05) is 52.0 Å². The Bertz CT molecular complexity index is 958. The number of hydrogen-bond acceptors (Lipinski definition) is 4. The van der Waals surface area contributed by atoms with E-state index < -0.39 is 5.97 Å². The molecule has 0 fully saturated rings. The molecule has 2 aromatic carbocycles. The number of benzene rings is 2. The molecule has 0 atom stereocenters. The molecule has 0 amide bonds. The Hall–Kier alpha value is -2.62. The van der Waals surface area contributed by atoms with Crippen LogP contribution in [0.2, 0.25) is 0 Å². The van der Waals surface area contributed by atoms with Gasteiger partial charge in [0, 0.05) is 5.56 Å². The normalized spacial score (nSPS) is 20.5. The molecule has 0 spiro atoms. The third-order valence-corrected chi connectivity index (χ3v) is 6.58. The predicted molar refractivity (Wildman–Crippen MR) is 116 cm³/mol. The zero-order valence-corrected chi connectivity index (χ0v) is 17.8. The van der Waals surface area contributed by atoms with Gasteiger partial charge >= 0.3 is 5.97 Å². The summed E-state index contributed by atoms with van der Waals surface area (Å²) in [5.74, 6) is -0.431. The van der Waals surface area contributed by atoms with E-state index in [4.69, 9.17) is 4.84 Å². The predicted octanol–water partition coefficient (Wildman–Crippen LogP) is 5.44. The number of rotatable bonds is 3. The van der Waals surface area contributed by atoms with Crippen LogP contribution in [0.5, 0.6) is 0 Å². The molecular weight excluding hydrogens is 360 g/mol. The van der Waals surface area contributed by atoms with Gasteiger partial charge in [-0.3, -0.25) is 0 Å². The van der Waals surface area contributed by atoms with Crippen molar-refractivity contribution in [2.75, 3.05) is 0 Å². The summed E-state index contributed by atoms with van der Waals surface area (Å²) in [5, 5.41) is 4.45. The lowest BCUT2D eigenvalue weighted by atomic mass is 9.62. The van der Waals surface area contributed by atoms with Crippen LogP contribution in [0, 0.1) is 0 Å². The molecule has 0 aliphatic heterocycles. The molecule has 0 unspecified atom stereocenters. The maximum atomic E-state index is 12.1. The molecule has 0 radical (unpaired) electrons. The highest BCUT2D eigenvalue weighted by Crippen LogP contribution is 2.47. The first-order chi connectivity index (χ1) is 13.8. The monoisotopic (exact) mass is 390 g/mol. The Labute approximate surface area is 173 Å². The summed E-state index contributed by atoms with van der Waals surface area (Å²) in [7, 11) is 0. The van der Waals surface area contributed by atoms with Crippen LogP contribution < -0.4 is 5.59 Å². The van der Waals surface area contributed by atoms with Gasteiger partial charge in [-0.25, -0.2) is 4.79 Å². The van der Waals surface area contributed by atoms with Gasteiger partial charge in [0.15, 0.2) is 0 Å². The fraction of sp³-hybridized carbons (Fsp3) is 0.440. The second kappa shape index (κ2) is 7.33. The highest BCUT2D eigenvalue weighted by atomic mass is 16.7. The maximum absolute atomic E-state index is 12.1. The molecule has 0 bridgehead atoms. The third kappa shape index (κ3) is 3.81. The first kappa shape index (κ1) is 19.7. The molecule has 1 N–H and O–H groups in total. The smallest absolute Gasteiger partial charge is 0.321 e. The second-order valence-corrected chi connectivity index (χ2v) is 9.58. The quantitative estimate of drug-likeness (QED) is 0.710. The van der Waals surface area contributed by atoms with Crippen molar-refractivity contribution in [3.63, 3.8) is 0 Å². The van der Waals surface area contributed by atoms with E-state index in [-0.39, 0.29) is 10.8 Å². The van der Waals surface area contributed by atoms with Gasteiger partial charge in [-0.05, 0) is 77.8 Å². The molecule has 4 nitrogen and oxygen atoms in total. The lowest BCUT2D eigenvalue weighted by molar-refractivity contribution is 0.0260. The fourth-order valence-electron chi connectivity index (χ4n) is 4.58. The summed E-state index contributed by atoms with van der Waals surface area (Å²) < 4.78 is 0. The molecule has 0 saturated carbocycles. The Balaban J connectivity index is 1.61. The highest BCUT2D eigenvalue weighted by Gasteiger charge is 2.38. The summed E-state index contributed by atoms with van der Waals surface area (Å²) in [6.07, 6.45) is 5.41. The minimum atomic E-state index is -0.431. The Morgan fingerprint density at radius 1 is 0.966 bits per heavy atom. The van der Waals surface area contributed by atoms with Gasteiger partial charge in [0.2, 0.25) is 0 Å². The van der Waals surface area contributed by atoms with Crippen molar-refractivity contribution >= 4 is 11.7 Å². The maximum Gasteiger partial charge on any atom is 0.364 e. The molecule has 4 rings (SSSR count). The molecule has 2 aromatic rings. The van der Waals surface area contributed by atoms with Crippen LogP contribution in [0.4, 0.5) is 0 Å². The first-order valence-electron chi connectivity index (χ1n) is 10.5. The van der Waals surface area contributed by atoms with Crippen LogP contribution in [0.25, 0.3) is 0 Å². The molecule has 2 aliphatic carbocycles. The lowest BCUT2D eigenvalue weighted by Gasteiger charge is -2.43. The Morgan fingerprint density at radius 3 is 2.31 bits per heavy atom. The van der Waals surface area contributed by atoms with Gasteiger partial charge in [0.25, 0.3) is 0 Å². The lowest BCUT2D eigenvalue weighted by Crippen LogP contribution is -2.35. The van der Waals surface area contributed by atoms with Gasteiger partial charge < -0.3 is 4.84 Å². The van der Waals surface area contributed by atoms with E-state index in [0.29, 0.717) is 5.56 Å². The van der Waals surface area contributed by atoms with Crippen molar-refractivity contribution in [1.29, 1.82) is 0 Å². The van der Waals surface area contributed by atoms with Crippen LogP contribution in [-0.4, -0.2) is 11.7 Å². The fourth-order valence-corrected chi connectivity index (χ4v) is 4.58. The third-order valence-electron chi connectivity index (χ3n) is 6.58. The molecule has 4 heteroatoms. The summed E-state index contributed by atoms with van der Waals surface area (Å²) >= 11 is 0. The number of fused-ring (bicyclic) bond motifs is 2. The summed E-state index contributed by atoms with van der Waals surface area (Å²) in [4.78, 5) is 17.3. The van der Waals surface area contributed by atoms with Crippen molar-refractivity contribution in [2.45, 2.75) is 70.6 Å². The van der Waals surface area contributed by atoms with Crippen LogP contribution >= 0.6 is 0 Å². The van der Waals surface area contributed by atoms with Gasteiger partial charge in [0.05, 0.1) is 11.3 Å². The number of hydrazone groups is 1. The molecule has 152 valence electrons. The van der Waals surface area contributed by atoms with E-state index in [9.17, 15) is 4.79 Å². The standard InChI is InChI=1S/C25H30N2O2/c1-24(2)13-14-25(3,4)21-16-19-18(15-20(21)24)11-8-12-22(19)26-27-29-23(28)17-9-6-5-7-10-17/h5-7,9-10,15-16,27H,8,11-14H2,1-4H3/b26-22+. The van der Waals surface area contributed by atoms with E-state index in [1.54, 1.807) is 12.1 Å². The number of carbonyl (C=O) groups excluding carboxylic acids is 1. The van der Waals surface area contributed by atoms with Crippen molar-refractivity contribution in [1.82, 2.24) is 5.59 Å². The van der Waals surface area contributed by atoms with Crippen molar-refractivity contribution in [2.24, 2.45) is 5.10 Å². The number of hydrogen-bond donors (Lipinski definition) is 1. The van der Waals surface area contributed by atoms with Crippen molar-refractivity contribution < 1.29 is 9.63 Å². The summed E-state index contributed by atoms with van der Waals surface area (Å²) in [5.41, 5.74) is 9.86. The topological polar surface area (TPSA) is 50.7 Å². The van der Waals surface area contributed by atoms with Crippen molar-refractivity contribution in [3.8, 4) is 0 Å². The van der Waals surface area contributed by atoms with Crippen LogP contribution in [0.15, 0.2) is 47.6 Å². The zero-order valence-electron chi connectivity index (χ0n) is 17.8. The van der Waals surface area contributed by atoms with E-state index >= 15 is 0 Å². The van der Waals surface area contributed by atoms with Gasteiger partial charge in [-0.2, -0.15) is 0 Å². The largest absolute Gasteiger partial charge is 0.364 e. The van der Waals surface area contributed by atoms with E-state index in [1.807, 2.05) is 18.2 Å². The minimum absolute atomic E-state index is 0.162. The SMILES string of the molecule is CC1(C)CCC(C)(C)c2cc3c(cc21)CCC/C3=N\NOC(=O)c1ccccc1. The molecule has 29 heavy (non-hydrogen) atoms. The molecular formula is C25H30N2O2. The van der Waals surface area contributed by atoms with Crippen LogP contribution in [0.3, 0.4) is 0 Å². The van der Waals surface area contributed by atoms with Crippen molar-refractivity contribution in [3.05, 3.63) is 70.3 Å². The highest BCUT2D eigenvalue weighted by molar-refractivity contribution is 6.03. The molecule has 0 heterocycles. The average Bonchev–Trinajstić information content (AvgIpc) is 2.71. The number of nitrogens with zero attached hydrogens (tertiary/aromatic N) is 1. The first-order valence-corrected chi connectivity index (χ1v) is 10.5. The average molecular weight is 391 g/mol. The van der Waals surface area contributed by atoms with E-state index in [0.717, 1.165) is 25.0 Å². The second-order valence-electron chi connectivity index (χ2n) is 9.58. The van der Waals surface area contributed by atoms with Gasteiger partial charge in [0.1, 0.15) is 0 Å². The number of nitrogens with one attached hydrogen (secondary N) is 1. The Morgan fingerprint density at radius 2 is 1.62 bits per heavy atom. The van der Waals surface area contributed by atoms with Gasteiger partial charge in [-0.15, -0.1) is 10.7 Å². The molecule has 0 aromatic heterocycles. The summed E-state index contributed by atoms with van der Waals surface area (Å²) in [6, 6.07) is 13.7. The number of carbonyl (C=O) groups is 1. The summed E-state index contributed by atoms with van der Waals surface area (Å²) in [6.45, 7) is 9.39. The van der Waals surface area contributed by atoms with E-state index in [2.05, 4.69) is 50.5 Å².